The molecular weight excluding hydrogens is 376 g/mol. The van der Waals surface area contributed by atoms with Crippen LogP contribution in [0.4, 0.5) is 5.82 Å². The zero-order valence-electron chi connectivity index (χ0n) is 16.5. The summed E-state index contributed by atoms with van der Waals surface area (Å²) in [7, 11) is 0. The van der Waals surface area contributed by atoms with Crippen molar-refractivity contribution < 1.29 is 4.79 Å². The van der Waals surface area contributed by atoms with Gasteiger partial charge in [0.1, 0.15) is 17.8 Å². The van der Waals surface area contributed by atoms with Gasteiger partial charge >= 0.3 is 0 Å². The number of nitrogens with zero attached hydrogens (tertiary/aromatic N) is 4. The number of benzene rings is 1. The molecule has 3 aromatic heterocycles. The fraction of sp³-hybridized carbons (Fsp3) is 0.217. The van der Waals surface area contributed by atoms with Crippen LogP contribution in [0.15, 0.2) is 55.5 Å². The summed E-state index contributed by atoms with van der Waals surface area (Å²) in [6.07, 6.45) is 7.39. The monoisotopic (exact) mass is 398 g/mol. The number of carbonyl (C=O) groups excluding carboxylic acids is 1. The van der Waals surface area contributed by atoms with Gasteiger partial charge in [-0.05, 0) is 37.5 Å². The minimum atomic E-state index is -0.159. The maximum absolute atomic E-state index is 11.9. The van der Waals surface area contributed by atoms with Gasteiger partial charge in [-0.3, -0.25) is 9.78 Å². The third-order valence-electron chi connectivity index (χ3n) is 5.76. The van der Waals surface area contributed by atoms with Crippen molar-refractivity contribution >= 4 is 33.7 Å². The number of hydrogen-bond acceptors (Lipinski definition) is 5. The molecule has 7 heteroatoms. The van der Waals surface area contributed by atoms with E-state index in [2.05, 4.69) is 43.5 Å². The largest absolute Gasteiger partial charge is 0.383 e. The van der Waals surface area contributed by atoms with Crippen molar-refractivity contribution in [3.63, 3.8) is 0 Å². The molecule has 4 heterocycles. The Morgan fingerprint density at radius 3 is 3.00 bits per heavy atom. The van der Waals surface area contributed by atoms with Gasteiger partial charge in [-0.2, -0.15) is 0 Å². The van der Waals surface area contributed by atoms with E-state index < -0.39 is 0 Å². The average molecular weight is 398 g/mol. The number of fused-ring (bicyclic) bond motifs is 4. The maximum Gasteiger partial charge on any atom is 0.243 e. The lowest BCUT2D eigenvalue weighted by Crippen LogP contribution is -2.36. The smallest absolute Gasteiger partial charge is 0.243 e. The lowest BCUT2D eigenvalue weighted by molar-refractivity contribution is -0.117. The van der Waals surface area contributed by atoms with E-state index in [9.17, 15) is 4.79 Å². The SMILES string of the molecule is C=CC(=O)N[C@@H]1CCCc2c(-c3cnc4ccccc4c3)c3c(N)ncnc3n2C1. The first kappa shape index (κ1) is 18.3. The van der Waals surface area contributed by atoms with Gasteiger partial charge < -0.3 is 15.6 Å². The summed E-state index contributed by atoms with van der Waals surface area (Å²) in [4.78, 5) is 25.3. The molecule has 0 fully saturated rings. The Morgan fingerprint density at radius 2 is 2.13 bits per heavy atom. The van der Waals surface area contributed by atoms with Crippen molar-refractivity contribution in [1.29, 1.82) is 0 Å². The Bertz CT molecular complexity index is 1290. The fourth-order valence-electron chi connectivity index (χ4n) is 4.42. The van der Waals surface area contributed by atoms with Crippen molar-refractivity contribution in [2.24, 2.45) is 0 Å². The Hall–Kier alpha value is -3.74. The molecule has 0 radical (unpaired) electrons. The minimum Gasteiger partial charge on any atom is -0.383 e. The summed E-state index contributed by atoms with van der Waals surface area (Å²) in [5, 5.41) is 4.96. The quantitative estimate of drug-likeness (QED) is 0.516. The van der Waals surface area contributed by atoms with E-state index in [1.807, 2.05) is 24.4 Å². The Balaban J connectivity index is 1.72. The standard InChI is InChI=1S/C23H22N6O/c1-2-19(30)28-16-7-5-9-18-20(15-10-14-6-3-4-8-17(14)25-11-15)21-22(24)26-13-27-23(21)29(18)12-16/h2-4,6,8,10-11,13,16H,1,5,7,9,12H2,(H,28,30)(H2,24,26,27)/t16-/m1/s1. The van der Waals surface area contributed by atoms with Crippen LogP contribution in [0.25, 0.3) is 33.1 Å². The number of carbonyl (C=O) groups is 1. The van der Waals surface area contributed by atoms with Crippen LogP contribution in [-0.2, 0) is 17.8 Å². The van der Waals surface area contributed by atoms with Gasteiger partial charge in [-0.25, -0.2) is 9.97 Å². The van der Waals surface area contributed by atoms with E-state index in [-0.39, 0.29) is 11.9 Å². The first-order chi connectivity index (χ1) is 14.7. The Morgan fingerprint density at radius 1 is 1.27 bits per heavy atom. The molecule has 150 valence electrons. The number of rotatable bonds is 3. The minimum absolute atomic E-state index is 0.00567. The number of aromatic nitrogens is 4. The second-order valence-corrected chi connectivity index (χ2v) is 7.61. The number of anilines is 1. The van der Waals surface area contributed by atoms with Crippen LogP contribution in [0.1, 0.15) is 18.5 Å². The fourth-order valence-corrected chi connectivity index (χ4v) is 4.42. The van der Waals surface area contributed by atoms with E-state index in [1.54, 1.807) is 0 Å². The van der Waals surface area contributed by atoms with Gasteiger partial charge in [-0.15, -0.1) is 0 Å². The lowest BCUT2D eigenvalue weighted by atomic mass is 10.00. The molecule has 0 bridgehead atoms. The number of pyridine rings is 1. The summed E-state index contributed by atoms with van der Waals surface area (Å²) < 4.78 is 2.18. The van der Waals surface area contributed by atoms with Crippen molar-refractivity contribution in [2.75, 3.05) is 5.73 Å². The van der Waals surface area contributed by atoms with Crippen LogP contribution in [0.2, 0.25) is 0 Å². The molecule has 1 atom stereocenters. The van der Waals surface area contributed by atoms with Crippen molar-refractivity contribution in [3.05, 3.63) is 61.2 Å². The molecule has 1 aliphatic heterocycles. The number of amides is 1. The predicted octanol–water partition coefficient (Wildman–Crippen LogP) is 3.24. The van der Waals surface area contributed by atoms with Crippen LogP contribution >= 0.6 is 0 Å². The Kier molecular flexibility index (Phi) is 4.43. The molecule has 30 heavy (non-hydrogen) atoms. The van der Waals surface area contributed by atoms with Gasteiger partial charge in [-0.1, -0.05) is 24.8 Å². The molecule has 0 aliphatic carbocycles. The lowest BCUT2D eigenvalue weighted by Gasteiger charge is -2.17. The van der Waals surface area contributed by atoms with E-state index in [0.717, 1.165) is 58.0 Å². The number of nitrogens with two attached hydrogens (primary N) is 1. The highest BCUT2D eigenvalue weighted by Crippen LogP contribution is 2.39. The molecule has 7 nitrogen and oxygen atoms in total. The van der Waals surface area contributed by atoms with Gasteiger partial charge in [0.05, 0.1) is 10.9 Å². The van der Waals surface area contributed by atoms with Gasteiger partial charge in [0, 0.05) is 41.0 Å². The summed E-state index contributed by atoms with van der Waals surface area (Å²) >= 11 is 0. The number of hydrogen-bond donors (Lipinski definition) is 2. The van der Waals surface area contributed by atoms with Crippen molar-refractivity contribution in [1.82, 2.24) is 24.8 Å². The van der Waals surface area contributed by atoms with E-state index in [4.69, 9.17) is 5.73 Å². The molecule has 0 unspecified atom stereocenters. The maximum atomic E-state index is 11.9. The van der Waals surface area contributed by atoms with Crippen LogP contribution in [0.3, 0.4) is 0 Å². The van der Waals surface area contributed by atoms with Crippen LogP contribution in [0.5, 0.6) is 0 Å². The highest BCUT2D eigenvalue weighted by Gasteiger charge is 2.26. The topological polar surface area (TPSA) is 98.7 Å². The highest BCUT2D eigenvalue weighted by molar-refractivity contribution is 6.03. The zero-order valence-corrected chi connectivity index (χ0v) is 16.5. The molecule has 0 spiro atoms. The van der Waals surface area contributed by atoms with Crippen molar-refractivity contribution in [3.8, 4) is 11.1 Å². The van der Waals surface area contributed by atoms with E-state index in [1.165, 1.54) is 12.4 Å². The molecule has 1 amide bonds. The summed E-state index contributed by atoms with van der Waals surface area (Å²) in [5.41, 5.74) is 11.3. The normalized spacial score (nSPS) is 16.2. The second kappa shape index (κ2) is 7.26. The first-order valence-electron chi connectivity index (χ1n) is 10.1. The molecule has 0 saturated heterocycles. The molecular formula is C23H22N6O. The van der Waals surface area contributed by atoms with Gasteiger partial charge in [0.25, 0.3) is 0 Å². The van der Waals surface area contributed by atoms with Gasteiger partial charge in [0.15, 0.2) is 0 Å². The van der Waals surface area contributed by atoms with Crippen LogP contribution < -0.4 is 11.1 Å². The summed E-state index contributed by atoms with van der Waals surface area (Å²) in [5.74, 6) is 0.295. The molecule has 1 aliphatic rings. The third kappa shape index (κ3) is 2.99. The van der Waals surface area contributed by atoms with Crippen LogP contribution in [-0.4, -0.2) is 31.5 Å². The first-order valence-corrected chi connectivity index (χ1v) is 10.1. The predicted molar refractivity (Wildman–Crippen MR) is 118 cm³/mol. The summed E-state index contributed by atoms with van der Waals surface area (Å²) in [6.45, 7) is 4.19. The molecule has 3 N–H and O–H groups in total. The molecule has 5 rings (SSSR count). The molecule has 4 aromatic rings. The number of para-hydroxylation sites is 1. The average Bonchev–Trinajstić information content (AvgIpc) is 2.93. The number of nitrogen functional groups attached to an aromatic ring is 1. The molecule has 0 saturated carbocycles. The van der Waals surface area contributed by atoms with E-state index in [0.29, 0.717) is 12.4 Å². The zero-order chi connectivity index (χ0) is 20.7. The van der Waals surface area contributed by atoms with Crippen LogP contribution in [0, 0.1) is 0 Å². The number of nitrogens with one attached hydrogen (secondary N) is 1. The third-order valence-corrected chi connectivity index (χ3v) is 5.76. The van der Waals surface area contributed by atoms with E-state index >= 15 is 0 Å². The molecule has 1 aromatic carbocycles. The van der Waals surface area contributed by atoms with Gasteiger partial charge in [0.2, 0.25) is 5.91 Å². The highest BCUT2D eigenvalue weighted by atomic mass is 16.1. The van der Waals surface area contributed by atoms with Crippen molar-refractivity contribution in [2.45, 2.75) is 31.8 Å². The second-order valence-electron chi connectivity index (χ2n) is 7.61. The Labute approximate surface area is 173 Å². The summed E-state index contributed by atoms with van der Waals surface area (Å²) in [6, 6.07) is 10.2.